The number of carbonyl (C=O) groups is 1. The van der Waals surface area contributed by atoms with Crippen LogP contribution >= 0.6 is 0 Å². The Labute approximate surface area is 97.2 Å². The van der Waals surface area contributed by atoms with Crippen LogP contribution in [0.5, 0.6) is 0 Å². The van der Waals surface area contributed by atoms with Crippen molar-refractivity contribution in [1.82, 2.24) is 0 Å². The minimum atomic E-state index is -0.151. The van der Waals surface area contributed by atoms with E-state index in [-0.39, 0.29) is 12.3 Å². The molecule has 0 aromatic heterocycles. The van der Waals surface area contributed by atoms with E-state index in [0.29, 0.717) is 31.5 Å². The lowest BCUT2D eigenvalue weighted by Gasteiger charge is -2.35. The van der Waals surface area contributed by atoms with Gasteiger partial charge in [0.2, 0.25) is 0 Å². The van der Waals surface area contributed by atoms with Gasteiger partial charge in [-0.05, 0) is 18.8 Å². The molecule has 94 valence electrons. The van der Waals surface area contributed by atoms with Crippen LogP contribution in [-0.2, 0) is 19.0 Å². The van der Waals surface area contributed by atoms with Crippen LogP contribution in [0.4, 0.5) is 0 Å². The summed E-state index contributed by atoms with van der Waals surface area (Å²) in [6.07, 6.45) is 2.15. The van der Waals surface area contributed by atoms with E-state index in [0.717, 1.165) is 12.8 Å². The van der Waals surface area contributed by atoms with Gasteiger partial charge in [-0.2, -0.15) is 0 Å². The van der Waals surface area contributed by atoms with E-state index in [2.05, 4.69) is 6.92 Å². The van der Waals surface area contributed by atoms with Gasteiger partial charge in [-0.3, -0.25) is 4.79 Å². The summed E-state index contributed by atoms with van der Waals surface area (Å²) in [6.45, 7) is 5.40. The van der Waals surface area contributed by atoms with Gasteiger partial charge in [-0.25, -0.2) is 0 Å². The summed E-state index contributed by atoms with van der Waals surface area (Å²) in [5.41, 5.74) is 0. The predicted molar refractivity (Wildman–Crippen MR) is 59.9 cm³/mol. The van der Waals surface area contributed by atoms with Crippen LogP contribution in [0.1, 0.15) is 33.1 Å². The molecule has 0 unspecified atom stereocenters. The highest BCUT2D eigenvalue weighted by molar-refractivity contribution is 5.69. The fourth-order valence-corrected chi connectivity index (χ4v) is 2.18. The molecule has 16 heavy (non-hydrogen) atoms. The molecule has 1 rings (SSSR count). The van der Waals surface area contributed by atoms with Crippen molar-refractivity contribution in [3.8, 4) is 0 Å². The fraction of sp³-hybridized carbons (Fsp3) is 0.917. The second-order valence-corrected chi connectivity index (χ2v) is 4.16. The van der Waals surface area contributed by atoms with E-state index in [1.165, 1.54) is 7.11 Å². The molecule has 1 heterocycles. The van der Waals surface area contributed by atoms with Crippen LogP contribution < -0.4 is 0 Å². The van der Waals surface area contributed by atoms with Crippen molar-refractivity contribution >= 4 is 5.97 Å². The largest absolute Gasteiger partial charge is 0.469 e. The summed E-state index contributed by atoms with van der Waals surface area (Å²) < 4.78 is 15.8. The van der Waals surface area contributed by atoms with E-state index < -0.39 is 0 Å². The van der Waals surface area contributed by atoms with Crippen molar-refractivity contribution in [2.24, 2.45) is 11.8 Å². The Morgan fingerprint density at radius 2 is 2.12 bits per heavy atom. The molecule has 0 aliphatic carbocycles. The first-order valence-electron chi connectivity index (χ1n) is 6.01. The van der Waals surface area contributed by atoms with E-state index in [1.54, 1.807) is 0 Å². The number of rotatable bonds is 5. The topological polar surface area (TPSA) is 44.8 Å². The highest BCUT2D eigenvalue weighted by Crippen LogP contribution is 2.31. The van der Waals surface area contributed by atoms with E-state index >= 15 is 0 Å². The smallest absolute Gasteiger partial charge is 0.305 e. The summed E-state index contributed by atoms with van der Waals surface area (Å²) >= 11 is 0. The Hall–Kier alpha value is -0.610. The lowest BCUT2D eigenvalue weighted by atomic mass is 9.83. The average Bonchev–Trinajstić information content (AvgIpc) is 2.30. The number of hydrogen-bond acceptors (Lipinski definition) is 4. The Morgan fingerprint density at radius 3 is 2.69 bits per heavy atom. The maximum Gasteiger partial charge on any atom is 0.305 e. The molecule has 4 nitrogen and oxygen atoms in total. The van der Waals surface area contributed by atoms with Gasteiger partial charge in [-0.15, -0.1) is 0 Å². The molecule has 3 atom stereocenters. The maximum atomic E-state index is 11.3. The molecule has 1 fully saturated rings. The zero-order valence-electron chi connectivity index (χ0n) is 10.4. The average molecular weight is 230 g/mol. The number of hydrogen-bond donors (Lipinski definition) is 0. The second kappa shape index (κ2) is 6.86. The van der Waals surface area contributed by atoms with Gasteiger partial charge >= 0.3 is 5.97 Å². The van der Waals surface area contributed by atoms with E-state index in [1.807, 2.05) is 6.92 Å². The van der Waals surface area contributed by atoms with E-state index in [9.17, 15) is 4.79 Å². The van der Waals surface area contributed by atoms with Crippen LogP contribution in [0, 0.1) is 11.8 Å². The van der Waals surface area contributed by atoms with Gasteiger partial charge in [0.25, 0.3) is 0 Å². The molecule has 0 saturated carbocycles. The van der Waals surface area contributed by atoms with E-state index in [4.69, 9.17) is 14.2 Å². The van der Waals surface area contributed by atoms with Gasteiger partial charge in [0.05, 0.1) is 13.7 Å². The summed E-state index contributed by atoms with van der Waals surface area (Å²) in [4.78, 5) is 11.3. The van der Waals surface area contributed by atoms with Gasteiger partial charge < -0.3 is 14.2 Å². The van der Waals surface area contributed by atoms with Crippen LogP contribution in [0.15, 0.2) is 0 Å². The highest BCUT2D eigenvalue weighted by Gasteiger charge is 2.32. The summed E-state index contributed by atoms with van der Waals surface area (Å²) in [7, 11) is 1.43. The molecular weight excluding hydrogens is 208 g/mol. The summed E-state index contributed by atoms with van der Waals surface area (Å²) in [5.74, 6) is 0.624. The predicted octanol–water partition coefficient (Wildman–Crippen LogP) is 1.97. The Balaban J connectivity index is 2.49. The first-order chi connectivity index (χ1) is 7.71. The number of methoxy groups -OCH3 is 1. The number of carbonyl (C=O) groups excluding carboxylic acids is 1. The fourth-order valence-electron chi connectivity index (χ4n) is 2.18. The highest BCUT2D eigenvalue weighted by atomic mass is 16.7. The molecule has 0 aromatic carbocycles. The molecule has 0 radical (unpaired) electrons. The summed E-state index contributed by atoms with van der Waals surface area (Å²) in [5, 5.41) is 0. The third-order valence-corrected chi connectivity index (χ3v) is 3.19. The van der Waals surface area contributed by atoms with Gasteiger partial charge in [0.15, 0.2) is 6.29 Å². The van der Waals surface area contributed by atoms with Gasteiger partial charge in [0.1, 0.15) is 0 Å². The lowest BCUT2D eigenvalue weighted by molar-refractivity contribution is -0.191. The third-order valence-electron chi connectivity index (χ3n) is 3.19. The zero-order chi connectivity index (χ0) is 12.0. The molecule has 0 bridgehead atoms. The molecule has 4 heteroatoms. The first-order valence-corrected chi connectivity index (χ1v) is 6.01. The van der Waals surface area contributed by atoms with Crippen molar-refractivity contribution < 1.29 is 19.0 Å². The minimum Gasteiger partial charge on any atom is -0.469 e. The molecule has 1 aliphatic heterocycles. The summed E-state index contributed by atoms with van der Waals surface area (Å²) in [6, 6.07) is 0. The van der Waals surface area contributed by atoms with Crippen molar-refractivity contribution in [1.29, 1.82) is 0 Å². The number of ether oxygens (including phenoxy) is 3. The van der Waals surface area contributed by atoms with Crippen molar-refractivity contribution in [3.05, 3.63) is 0 Å². The first kappa shape index (κ1) is 13.5. The van der Waals surface area contributed by atoms with Gasteiger partial charge in [0, 0.05) is 19.4 Å². The van der Waals surface area contributed by atoms with Crippen LogP contribution in [0.3, 0.4) is 0 Å². The van der Waals surface area contributed by atoms with Crippen LogP contribution in [0.25, 0.3) is 0 Å². The quantitative estimate of drug-likeness (QED) is 0.677. The van der Waals surface area contributed by atoms with Crippen molar-refractivity contribution in [2.75, 3.05) is 20.3 Å². The Kier molecular flexibility index (Phi) is 5.77. The molecular formula is C12H22O4. The lowest BCUT2D eigenvalue weighted by Crippen LogP contribution is -2.36. The van der Waals surface area contributed by atoms with Crippen LogP contribution in [-0.4, -0.2) is 32.6 Å². The molecule has 0 spiro atoms. The Bertz CT molecular complexity index is 217. The molecule has 0 N–H and O–H groups in total. The van der Waals surface area contributed by atoms with Crippen molar-refractivity contribution in [2.45, 2.75) is 39.4 Å². The van der Waals surface area contributed by atoms with Crippen LogP contribution in [0.2, 0.25) is 0 Å². The molecule has 0 aromatic rings. The Morgan fingerprint density at radius 1 is 1.38 bits per heavy atom. The van der Waals surface area contributed by atoms with Crippen molar-refractivity contribution in [3.63, 3.8) is 0 Å². The minimum absolute atomic E-state index is 0.138. The molecule has 1 saturated heterocycles. The SMILES string of the molecule is CCO[C@@H]1C[C@H](CC(=O)OC)[C@H](CC)CO1. The zero-order valence-corrected chi connectivity index (χ0v) is 10.4. The monoisotopic (exact) mass is 230 g/mol. The second-order valence-electron chi connectivity index (χ2n) is 4.16. The normalized spacial score (nSPS) is 30.1. The number of esters is 1. The molecule has 1 aliphatic rings. The third kappa shape index (κ3) is 3.76. The maximum absolute atomic E-state index is 11.3. The van der Waals surface area contributed by atoms with Gasteiger partial charge in [-0.1, -0.05) is 13.3 Å². The molecule has 0 amide bonds. The standard InChI is InChI=1S/C12H22O4/c1-4-9-8-16-12(15-5-2)7-10(9)6-11(13)14-3/h9-10,12H,4-8H2,1-3H3/t9-,10+,12+/m1/s1.